The first-order valence-electron chi connectivity index (χ1n) is 6.29. The van der Waals surface area contributed by atoms with Crippen LogP contribution in [0.2, 0.25) is 0 Å². The molecule has 0 amide bonds. The van der Waals surface area contributed by atoms with Crippen LogP contribution in [-0.4, -0.2) is 39.2 Å². The van der Waals surface area contributed by atoms with E-state index in [0.29, 0.717) is 5.75 Å². The molecule has 1 aromatic carbocycles. The Bertz CT molecular complexity index is 424. The second-order valence-corrected chi connectivity index (χ2v) is 6.56. The topological polar surface area (TPSA) is 23.5 Å². The van der Waals surface area contributed by atoms with Gasteiger partial charge in [0.1, 0.15) is 0 Å². The van der Waals surface area contributed by atoms with E-state index in [0.717, 1.165) is 21.2 Å². The van der Waals surface area contributed by atoms with Gasteiger partial charge in [-0.25, -0.2) is 0 Å². The van der Waals surface area contributed by atoms with Crippen LogP contribution in [0.25, 0.3) is 0 Å². The van der Waals surface area contributed by atoms with Crippen molar-refractivity contribution < 1.29 is 20.1 Å². The molecule has 4 heteroatoms. The van der Waals surface area contributed by atoms with Crippen molar-refractivity contribution in [2.75, 3.05) is 19.3 Å². The summed E-state index contributed by atoms with van der Waals surface area (Å²) in [6, 6.07) is 8.04. The third kappa shape index (κ3) is 3.60. The molecule has 0 unspecified atom stereocenters. The molecule has 1 aromatic rings. The Morgan fingerprint density at radius 2 is 2.28 bits per heavy atom. The summed E-state index contributed by atoms with van der Waals surface area (Å²) >= 11 is 6.74. The Balaban J connectivity index is 1.80. The molecule has 102 valence electrons. The Morgan fingerprint density at radius 1 is 1.50 bits per heavy atom. The maximum absolute atomic E-state index is 9.73. The van der Waals surface area contributed by atoms with Crippen LogP contribution in [0.4, 0.5) is 0 Å². The van der Waals surface area contributed by atoms with Crippen molar-refractivity contribution in [3.05, 3.63) is 29.8 Å². The van der Waals surface area contributed by atoms with Gasteiger partial charge in [0.25, 0.3) is 0 Å². The van der Waals surface area contributed by atoms with Crippen LogP contribution in [0.1, 0.15) is 24.8 Å². The molecule has 0 spiro atoms. The first kappa shape index (κ1) is 14.1. The van der Waals surface area contributed by atoms with E-state index in [1.54, 1.807) is 17.8 Å². The van der Waals surface area contributed by atoms with Crippen molar-refractivity contribution in [2.24, 2.45) is 0 Å². The molecule has 1 fully saturated rings. The zero-order valence-electron chi connectivity index (χ0n) is 10.5. The van der Waals surface area contributed by atoms with Crippen molar-refractivity contribution in [2.45, 2.75) is 25.3 Å². The number of aromatic hydroxyl groups is 1. The minimum absolute atomic E-state index is 0.296. The van der Waals surface area contributed by atoms with E-state index in [1.807, 2.05) is 18.2 Å². The zero-order chi connectivity index (χ0) is 13.0. The summed E-state index contributed by atoms with van der Waals surface area (Å²) in [5, 5.41) is 9.73. The van der Waals surface area contributed by atoms with Crippen molar-refractivity contribution in [1.82, 2.24) is 4.90 Å². The number of nitrogens with zero attached hydrogens (tertiary/aromatic N) is 1. The third-order valence-electron chi connectivity index (χ3n) is 3.44. The van der Waals surface area contributed by atoms with Gasteiger partial charge in [0, 0.05) is 0 Å². The number of likely N-dealkylation sites (tertiary alicyclic amines) is 1. The Morgan fingerprint density at radius 3 is 2.94 bits per heavy atom. The van der Waals surface area contributed by atoms with Gasteiger partial charge in [-0.2, -0.15) is 0 Å². The van der Waals surface area contributed by atoms with Gasteiger partial charge in [0.15, 0.2) is 0 Å². The predicted octanol–water partition coefficient (Wildman–Crippen LogP) is 2.63. The summed E-state index contributed by atoms with van der Waals surface area (Å²) in [7, 11) is 2.20. The second-order valence-electron chi connectivity index (χ2n) is 4.68. The number of rotatable bonds is 5. The molecule has 18 heavy (non-hydrogen) atoms. The number of thioether (sulfide) groups is 1. The predicted molar refractivity (Wildman–Crippen MR) is 74.9 cm³/mol. The van der Waals surface area contributed by atoms with Crippen LogP contribution < -0.4 is 0 Å². The SMILES string of the molecule is CN1CCC[C@@H]1CCS[C](=[Ni])c1ccccc1O. The fourth-order valence-electron chi connectivity index (χ4n) is 2.33. The molecule has 1 aliphatic heterocycles. The van der Waals surface area contributed by atoms with Crippen LogP contribution in [0.15, 0.2) is 24.3 Å². The van der Waals surface area contributed by atoms with Gasteiger partial charge in [-0.1, -0.05) is 0 Å². The maximum atomic E-state index is 9.73. The summed E-state index contributed by atoms with van der Waals surface area (Å²) in [4.78, 5) is 2.44. The van der Waals surface area contributed by atoms with E-state index in [4.69, 9.17) is 15.0 Å². The summed E-state index contributed by atoms with van der Waals surface area (Å²) < 4.78 is 0.841. The Hall–Kier alpha value is -0.306. The van der Waals surface area contributed by atoms with E-state index in [1.165, 1.54) is 25.8 Å². The van der Waals surface area contributed by atoms with E-state index in [2.05, 4.69) is 11.9 Å². The molecular formula is C14H19NNiOS. The second kappa shape index (κ2) is 6.74. The molecule has 0 saturated carbocycles. The average molecular weight is 308 g/mol. The number of benzene rings is 1. The van der Waals surface area contributed by atoms with E-state index < -0.39 is 0 Å². The molecule has 1 aliphatic rings. The van der Waals surface area contributed by atoms with E-state index in [9.17, 15) is 5.11 Å². The van der Waals surface area contributed by atoms with Gasteiger partial charge in [-0.3, -0.25) is 0 Å². The summed E-state index contributed by atoms with van der Waals surface area (Å²) in [5.74, 6) is 1.34. The normalized spacial score (nSPS) is 20.3. The number of hydrogen-bond donors (Lipinski definition) is 1. The molecule has 2 rings (SSSR count). The van der Waals surface area contributed by atoms with Gasteiger partial charge in [-0.15, -0.1) is 0 Å². The van der Waals surface area contributed by atoms with Crippen molar-refractivity contribution in [1.29, 1.82) is 0 Å². The van der Waals surface area contributed by atoms with Gasteiger partial charge < -0.3 is 0 Å². The van der Waals surface area contributed by atoms with Gasteiger partial charge in [0.2, 0.25) is 0 Å². The number of phenols is 1. The fraction of sp³-hybridized carbons (Fsp3) is 0.500. The van der Waals surface area contributed by atoms with Crippen molar-refractivity contribution in [3.8, 4) is 5.75 Å². The summed E-state index contributed by atoms with van der Waals surface area (Å²) in [6.07, 6.45) is 3.81. The molecule has 1 N–H and O–H groups in total. The monoisotopic (exact) mass is 307 g/mol. The zero-order valence-corrected chi connectivity index (χ0v) is 12.3. The Labute approximate surface area is 121 Å². The molecule has 1 atom stereocenters. The minimum atomic E-state index is 0.296. The van der Waals surface area contributed by atoms with E-state index >= 15 is 0 Å². The first-order chi connectivity index (χ1) is 8.68. The van der Waals surface area contributed by atoms with Crippen molar-refractivity contribution >= 4 is 15.6 Å². The van der Waals surface area contributed by atoms with Crippen LogP contribution in [0.5, 0.6) is 5.75 Å². The molecular weight excluding hydrogens is 289 g/mol. The van der Waals surface area contributed by atoms with Gasteiger partial charge in [-0.05, 0) is 0 Å². The summed E-state index contributed by atoms with van der Waals surface area (Å²) in [6.45, 7) is 1.22. The summed E-state index contributed by atoms with van der Waals surface area (Å²) in [5.41, 5.74) is 0.808. The molecule has 0 aromatic heterocycles. The van der Waals surface area contributed by atoms with Crippen LogP contribution in [0.3, 0.4) is 0 Å². The molecule has 1 saturated heterocycles. The van der Waals surface area contributed by atoms with E-state index in [-0.39, 0.29) is 0 Å². The van der Waals surface area contributed by atoms with Gasteiger partial charge in [0.05, 0.1) is 0 Å². The van der Waals surface area contributed by atoms with Crippen molar-refractivity contribution in [3.63, 3.8) is 0 Å². The number of hydrogen-bond acceptors (Lipinski definition) is 3. The molecule has 0 bridgehead atoms. The van der Waals surface area contributed by atoms with Crippen LogP contribution in [-0.2, 0) is 15.0 Å². The first-order valence-corrected chi connectivity index (χ1v) is 7.77. The quantitative estimate of drug-likeness (QED) is 0.846. The number of phenolic OH excluding ortho intramolecular Hbond substituents is 1. The molecule has 2 nitrogen and oxygen atoms in total. The van der Waals surface area contributed by atoms with Gasteiger partial charge >= 0.3 is 121 Å². The number of para-hydroxylation sites is 1. The van der Waals surface area contributed by atoms with Crippen LogP contribution in [0, 0.1) is 0 Å². The Kier molecular flexibility index (Phi) is 5.29. The molecule has 0 radical (unpaired) electrons. The average Bonchev–Trinajstić information content (AvgIpc) is 2.75. The fourth-order valence-corrected chi connectivity index (χ4v) is 3.72. The standard InChI is InChI=1S/C14H19NOS.Ni/c1-15-9-4-6-13(15)8-10-17-11-12-5-2-3-7-14(12)16;/h2-3,5,7,13,16H,4,6,8-10H2,1H3;/t13-;/m1./s1. The van der Waals surface area contributed by atoms with Crippen LogP contribution >= 0.6 is 11.8 Å². The third-order valence-corrected chi connectivity index (χ3v) is 5.03. The molecule has 0 aliphatic carbocycles. The molecule has 1 heterocycles.